The first-order valence-corrected chi connectivity index (χ1v) is 9.83. The molecule has 0 atom stereocenters. The van der Waals surface area contributed by atoms with Crippen molar-refractivity contribution in [1.82, 2.24) is 20.3 Å². The van der Waals surface area contributed by atoms with Crippen LogP contribution in [0.2, 0.25) is 0 Å². The molecule has 2 aromatic rings. The van der Waals surface area contributed by atoms with E-state index in [1.807, 2.05) is 20.1 Å². The predicted octanol–water partition coefficient (Wildman–Crippen LogP) is 2.26. The van der Waals surface area contributed by atoms with E-state index in [0.717, 1.165) is 22.1 Å². The predicted molar refractivity (Wildman–Crippen MR) is 97.4 cm³/mol. The highest BCUT2D eigenvalue weighted by molar-refractivity contribution is 7.98. The normalized spacial score (nSPS) is 10.7. The third-order valence-electron chi connectivity index (χ3n) is 3.62. The van der Waals surface area contributed by atoms with Crippen molar-refractivity contribution in [3.63, 3.8) is 0 Å². The molecule has 0 aliphatic carbocycles. The molecule has 2 rings (SSSR count). The van der Waals surface area contributed by atoms with Crippen molar-refractivity contribution in [2.75, 3.05) is 12.8 Å². The number of carbonyl (C=O) groups excluding carboxylic acids is 1. The molecule has 9 heteroatoms. The molecule has 2 heterocycles. The number of carboxylic acid groups (broad SMARTS) is 1. The summed E-state index contributed by atoms with van der Waals surface area (Å²) in [5, 5.41) is 14.6. The summed E-state index contributed by atoms with van der Waals surface area (Å²) in [6.45, 7) is 4.31. The van der Waals surface area contributed by atoms with Gasteiger partial charge in [-0.2, -0.15) is 0 Å². The average Bonchev–Trinajstić information content (AvgIpc) is 3.03. The molecule has 0 saturated heterocycles. The van der Waals surface area contributed by atoms with E-state index in [1.54, 1.807) is 0 Å². The molecule has 2 aromatic heterocycles. The summed E-state index contributed by atoms with van der Waals surface area (Å²) in [6.07, 6.45) is 3.41. The van der Waals surface area contributed by atoms with Gasteiger partial charge in [0.1, 0.15) is 0 Å². The lowest BCUT2D eigenvalue weighted by atomic mass is 10.1. The quantitative estimate of drug-likeness (QED) is 0.534. The first kappa shape index (κ1) is 19.3. The molecule has 0 unspecified atom stereocenters. The zero-order chi connectivity index (χ0) is 18.4. The number of nitrogens with one attached hydrogen (secondary N) is 1. The van der Waals surface area contributed by atoms with E-state index in [4.69, 9.17) is 5.11 Å². The van der Waals surface area contributed by atoms with Crippen molar-refractivity contribution in [1.29, 1.82) is 0 Å². The van der Waals surface area contributed by atoms with E-state index >= 15 is 0 Å². The summed E-state index contributed by atoms with van der Waals surface area (Å²) < 4.78 is 0. The van der Waals surface area contributed by atoms with Gasteiger partial charge in [0.25, 0.3) is 0 Å². The number of aromatic nitrogens is 3. The van der Waals surface area contributed by atoms with Crippen LogP contribution in [-0.2, 0) is 17.6 Å². The standard InChI is InChI=1S/C16H20N4O3S2/c1-9-11(10(2)19-16(18-9)24-3)4-5-13(21)17-7-6-14-20-12(8-25-14)15(22)23/h8H,4-7H2,1-3H3,(H,17,21)(H,22,23). The molecule has 0 radical (unpaired) electrons. The fraction of sp³-hybridized carbons (Fsp3) is 0.438. The monoisotopic (exact) mass is 380 g/mol. The van der Waals surface area contributed by atoms with Gasteiger partial charge < -0.3 is 10.4 Å². The Morgan fingerprint density at radius 3 is 2.44 bits per heavy atom. The maximum Gasteiger partial charge on any atom is 0.355 e. The Morgan fingerprint density at radius 1 is 1.20 bits per heavy atom. The minimum Gasteiger partial charge on any atom is -0.476 e. The molecule has 0 aromatic carbocycles. The number of carboxylic acids is 1. The largest absolute Gasteiger partial charge is 0.476 e. The number of hydrogen-bond acceptors (Lipinski definition) is 7. The Bertz CT molecular complexity index is 753. The molecular weight excluding hydrogens is 360 g/mol. The highest BCUT2D eigenvalue weighted by atomic mass is 32.2. The number of aromatic carboxylic acids is 1. The fourth-order valence-corrected chi connectivity index (χ4v) is 3.55. The fourth-order valence-electron chi connectivity index (χ4n) is 2.32. The number of carbonyl (C=O) groups is 2. The highest BCUT2D eigenvalue weighted by Gasteiger charge is 2.11. The maximum atomic E-state index is 12.0. The summed E-state index contributed by atoms with van der Waals surface area (Å²) in [7, 11) is 0. The second-order valence-electron chi connectivity index (χ2n) is 5.39. The zero-order valence-corrected chi connectivity index (χ0v) is 16.0. The van der Waals surface area contributed by atoms with Crippen LogP contribution >= 0.6 is 23.1 Å². The smallest absolute Gasteiger partial charge is 0.355 e. The minimum atomic E-state index is -1.04. The van der Waals surface area contributed by atoms with Gasteiger partial charge in [-0.05, 0) is 32.1 Å². The van der Waals surface area contributed by atoms with Gasteiger partial charge >= 0.3 is 5.97 Å². The highest BCUT2D eigenvalue weighted by Crippen LogP contribution is 2.17. The maximum absolute atomic E-state index is 12.0. The molecule has 7 nitrogen and oxygen atoms in total. The van der Waals surface area contributed by atoms with Crippen LogP contribution in [0, 0.1) is 13.8 Å². The molecule has 0 saturated carbocycles. The Kier molecular flexibility index (Phi) is 6.89. The lowest BCUT2D eigenvalue weighted by Gasteiger charge is -2.10. The Balaban J connectivity index is 1.80. The Hall–Kier alpha value is -2.00. The van der Waals surface area contributed by atoms with Crippen molar-refractivity contribution in [3.05, 3.63) is 33.0 Å². The number of amides is 1. The van der Waals surface area contributed by atoms with Gasteiger partial charge in [-0.25, -0.2) is 19.7 Å². The van der Waals surface area contributed by atoms with Crippen molar-refractivity contribution in [2.24, 2.45) is 0 Å². The van der Waals surface area contributed by atoms with Gasteiger partial charge in [0.15, 0.2) is 10.9 Å². The third-order valence-corrected chi connectivity index (χ3v) is 5.07. The topological polar surface area (TPSA) is 105 Å². The van der Waals surface area contributed by atoms with Crippen molar-refractivity contribution < 1.29 is 14.7 Å². The molecule has 0 bridgehead atoms. The molecule has 1 amide bonds. The summed E-state index contributed by atoms with van der Waals surface area (Å²) in [6, 6.07) is 0. The van der Waals surface area contributed by atoms with Crippen LogP contribution in [0.15, 0.2) is 10.5 Å². The van der Waals surface area contributed by atoms with Crippen LogP contribution in [0.3, 0.4) is 0 Å². The second-order valence-corrected chi connectivity index (χ2v) is 7.11. The number of thiazole rings is 1. The number of aryl methyl sites for hydroxylation is 2. The summed E-state index contributed by atoms with van der Waals surface area (Å²) in [5.74, 6) is -1.09. The third kappa shape index (κ3) is 5.50. The van der Waals surface area contributed by atoms with Gasteiger partial charge in [0.2, 0.25) is 5.91 Å². The van der Waals surface area contributed by atoms with Crippen LogP contribution in [0.25, 0.3) is 0 Å². The molecule has 25 heavy (non-hydrogen) atoms. The van der Waals surface area contributed by atoms with Crippen LogP contribution in [0.5, 0.6) is 0 Å². The lowest BCUT2D eigenvalue weighted by Crippen LogP contribution is -2.26. The van der Waals surface area contributed by atoms with Crippen molar-refractivity contribution >= 4 is 35.0 Å². The van der Waals surface area contributed by atoms with E-state index < -0.39 is 5.97 Å². The van der Waals surface area contributed by atoms with Crippen LogP contribution in [0.1, 0.15) is 38.9 Å². The van der Waals surface area contributed by atoms with Crippen molar-refractivity contribution in [3.8, 4) is 0 Å². The number of thioether (sulfide) groups is 1. The Labute approximate surface area is 154 Å². The Morgan fingerprint density at radius 2 is 1.88 bits per heavy atom. The van der Waals surface area contributed by atoms with E-state index in [9.17, 15) is 9.59 Å². The molecule has 134 valence electrons. The first-order valence-electron chi connectivity index (χ1n) is 7.73. The minimum absolute atomic E-state index is 0.0472. The van der Waals surface area contributed by atoms with Crippen LogP contribution < -0.4 is 5.32 Å². The molecule has 0 spiro atoms. The van der Waals surface area contributed by atoms with Gasteiger partial charge in [0.05, 0.1) is 5.01 Å². The van der Waals surface area contributed by atoms with Crippen LogP contribution in [0.4, 0.5) is 0 Å². The van der Waals surface area contributed by atoms with Gasteiger partial charge in [0, 0.05) is 36.2 Å². The molecule has 0 aliphatic rings. The van der Waals surface area contributed by atoms with E-state index in [1.165, 1.54) is 28.5 Å². The van der Waals surface area contributed by atoms with E-state index in [-0.39, 0.29) is 11.6 Å². The lowest BCUT2D eigenvalue weighted by molar-refractivity contribution is -0.121. The first-order chi connectivity index (χ1) is 11.9. The van der Waals surface area contributed by atoms with Gasteiger partial charge in [-0.1, -0.05) is 11.8 Å². The SMILES string of the molecule is CSc1nc(C)c(CCC(=O)NCCc2nc(C(=O)O)cs2)c(C)n1. The molecule has 0 aliphatic heterocycles. The summed E-state index contributed by atoms with van der Waals surface area (Å²) >= 11 is 2.78. The average molecular weight is 380 g/mol. The van der Waals surface area contributed by atoms with E-state index in [0.29, 0.717) is 30.8 Å². The van der Waals surface area contributed by atoms with E-state index in [2.05, 4.69) is 20.3 Å². The molecule has 0 fully saturated rings. The number of nitrogens with zero attached hydrogens (tertiary/aromatic N) is 3. The van der Waals surface area contributed by atoms with Crippen LogP contribution in [-0.4, -0.2) is 44.7 Å². The number of hydrogen-bond donors (Lipinski definition) is 2. The van der Waals surface area contributed by atoms with Crippen molar-refractivity contribution in [2.45, 2.75) is 38.3 Å². The molecule has 2 N–H and O–H groups in total. The van der Waals surface area contributed by atoms with Gasteiger partial charge in [-0.15, -0.1) is 11.3 Å². The van der Waals surface area contributed by atoms with Gasteiger partial charge in [-0.3, -0.25) is 4.79 Å². The number of rotatable bonds is 8. The molecular formula is C16H20N4O3S2. The summed E-state index contributed by atoms with van der Waals surface area (Å²) in [5.41, 5.74) is 2.88. The summed E-state index contributed by atoms with van der Waals surface area (Å²) in [4.78, 5) is 35.6. The zero-order valence-electron chi connectivity index (χ0n) is 14.3. The second kappa shape index (κ2) is 8.91.